The van der Waals surface area contributed by atoms with Crippen LogP contribution in [0.2, 0.25) is 10.6 Å². The second-order valence-corrected chi connectivity index (χ2v) is 21.5. The Hall–Kier alpha value is 2.62. The van der Waals surface area contributed by atoms with E-state index in [1.165, 1.54) is 10.6 Å². The molecule has 0 amide bonds. The van der Waals surface area contributed by atoms with Gasteiger partial charge in [-0.05, 0) is 0 Å². The van der Waals surface area contributed by atoms with Gasteiger partial charge in [-0.15, -0.1) is 0 Å². The van der Waals surface area contributed by atoms with Crippen LogP contribution in [0.3, 0.4) is 0 Å². The van der Waals surface area contributed by atoms with Gasteiger partial charge in [0.2, 0.25) is 0 Å². The first-order valence-corrected chi connectivity index (χ1v) is 18.6. The number of hydrogen-bond donors (Lipinski definition) is 2. The van der Waals surface area contributed by atoms with E-state index in [4.69, 9.17) is 10.2 Å². The molecule has 2 nitrogen and oxygen atoms in total. The fourth-order valence-electron chi connectivity index (χ4n) is 1.60. The molecule has 0 saturated heterocycles. The van der Waals surface area contributed by atoms with Crippen LogP contribution >= 0.6 is 47.0 Å². The van der Waals surface area contributed by atoms with Gasteiger partial charge in [-0.1, -0.05) is 0 Å². The maximum atomic E-state index is 9.15. The Morgan fingerprint density at radius 1 is 0.833 bits per heavy atom. The predicted molar refractivity (Wildman–Crippen MR) is 119 cm³/mol. The molecule has 2 aliphatic heterocycles. The number of rotatable bonds is 10. The van der Waals surface area contributed by atoms with Gasteiger partial charge in [0.05, 0.1) is 0 Å². The molecule has 0 spiro atoms. The summed E-state index contributed by atoms with van der Waals surface area (Å²) in [5.74, 6) is 1.67. The van der Waals surface area contributed by atoms with Crippen LogP contribution in [-0.2, 0) is 0 Å². The topological polar surface area (TPSA) is 40.5 Å². The van der Waals surface area contributed by atoms with Gasteiger partial charge in [0.25, 0.3) is 0 Å². The van der Waals surface area contributed by atoms with Crippen LogP contribution in [0.25, 0.3) is 0 Å². The molecule has 0 aromatic carbocycles. The summed E-state index contributed by atoms with van der Waals surface area (Å²) in [4.78, 5) is 0. The second kappa shape index (κ2) is 13.0. The van der Waals surface area contributed by atoms with E-state index in [2.05, 4.69) is 37.4 Å². The quantitative estimate of drug-likeness (QED) is 0.351. The average molecular weight is 664 g/mol. The first-order chi connectivity index (χ1) is 11.7. The van der Waals surface area contributed by atoms with Crippen LogP contribution in [0.5, 0.6) is 0 Å². The van der Waals surface area contributed by atoms with Gasteiger partial charge in [0, 0.05) is 0 Å². The van der Waals surface area contributed by atoms with Crippen molar-refractivity contribution in [3.8, 4) is 0 Å². The molecule has 24 heavy (non-hydrogen) atoms. The molecule has 2 rings (SSSR count). The van der Waals surface area contributed by atoms with Crippen molar-refractivity contribution in [1.29, 1.82) is 0 Å². The SMILES string of the molecule is CC[Se]C1=C(SCCO)[Se]/C(=C2\SC([Se]CC)=C(SCCO)[Se]2)S1. The van der Waals surface area contributed by atoms with E-state index < -0.39 is 0 Å². The van der Waals surface area contributed by atoms with Crippen LogP contribution < -0.4 is 0 Å². The molecule has 0 bridgehead atoms. The van der Waals surface area contributed by atoms with Crippen LogP contribution in [-0.4, -0.2) is 94.8 Å². The Labute approximate surface area is 187 Å². The molecule has 136 valence electrons. The molecular weight excluding hydrogens is 644 g/mol. The molecule has 0 fully saturated rings. The van der Waals surface area contributed by atoms with Gasteiger partial charge < -0.3 is 0 Å². The summed E-state index contributed by atoms with van der Waals surface area (Å²) in [6, 6.07) is 0. The Bertz CT molecular complexity index is 491. The van der Waals surface area contributed by atoms with Crippen molar-refractivity contribution in [3.63, 3.8) is 0 Å². The molecule has 10 heteroatoms. The van der Waals surface area contributed by atoms with E-state index in [-0.39, 0.29) is 13.2 Å². The third kappa shape index (κ3) is 6.90. The van der Waals surface area contributed by atoms with Crippen LogP contribution in [0.15, 0.2) is 22.8 Å². The van der Waals surface area contributed by atoms with E-state index >= 15 is 0 Å². The normalized spacial score (nSPS) is 21.5. The van der Waals surface area contributed by atoms with Crippen molar-refractivity contribution in [1.82, 2.24) is 0 Å². The first kappa shape index (κ1) is 22.9. The zero-order valence-corrected chi connectivity index (χ0v) is 23.5. The van der Waals surface area contributed by atoms with Gasteiger partial charge in [0.1, 0.15) is 0 Å². The fraction of sp³-hybridized carbons (Fsp3) is 0.571. The number of hydrogen-bond acceptors (Lipinski definition) is 6. The van der Waals surface area contributed by atoms with E-state index in [0.29, 0.717) is 59.8 Å². The van der Waals surface area contributed by atoms with Crippen molar-refractivity contribution < 1.29 is 10.2 Å². The molecule has 0 radical (unpaired) electrons. The predicted octanol–water partition coefficient (Wildman–Crippen LogP) is 3.00. The summed E-state index contributed by atoms with van der Waals surface area (Å²) in [6.45, 7) is 5.11. The van der Waals surface area contributed by atoms with Crippen molar-refractivity contribution >= 4 is 107 Å². The Kier molecular flexibility index (Phi) is 12.4. The zero-order chi connectivity index (χ0) is 17.4. The molecule has 0 atom stereocenters. The summed E-state index contributed by atoms with van der Waals surface area (Å²) in [7, 11) is 0. The van der Waals surface area contributed by atoms with E-state index in [0.717, 1.165) is 11.5 Å². The first-order valence-electron chi connectivity index (χ1n) is 7.40. The van der Waals surface area contributed by atoms with E-state index in [1.54, 1.807) is 22.8 Å². The third-order valence-electron chi connectivity index (χ3n) is 2.44. The summed E-state index contributed by atoms with van der Waals surface area (Å²) < 4.78 is 9.70. The monoisotopic (exact) mass is 668 g/mol. The fourth-order valence-corrected chi connectivity index (χ4v) is 23.9. The molecule has 0 unspecified atom stereocenters. The van der Waals surface area contributed by atoms with Gasteiger partial charge in [-0.3, -0.25) is 0 Å². The summed E-state index contributed by atoms with van der Waals surface area (Å²) in [6.07, 6.45) is 0. The van der Waals surface area contributed by atoms with Crippen molar-refractivity contribution in [2.75, 3.05) is 24.7 Å². The van der Waals surface area contributed by atoms with Gasteiger partial charge in [-0.2, -0.15) is 0 Å². The number of aliphatic hydroxyl groups excluding tert-OH is 2. The third-order valence-corrected chi connectivity index (χ3v) is 22.8. The van der Waals surface area contributed by atoms with Gasteiger partial charge >= 0.3 is 189 Å². The summed E-state index contributed by atoms with van der Waals surface area (Å²) in [5.41, 5.74) is 0. The Morgan fingerprint density at radius 3 is 1.58 bits per heavy atom. The molecule has 2 heterocycles. The summed E-state index contributed by atoms with van der Waals surface area (Å²) in [5, 5.41) is 20.8. The molecule has 0 aromatic heterocycles. The van der Waals surface area contributed by atoms with Crippen LogP contribution in [0.4, 0.5) is 0 Å². The number of thioether (sulfide) groups is 4. The zero-order valence-electron chi connectivity index (χ0n) is 13.4. The van der Waals surface area contributed by atoms with Crippen molar-refractivity contribution in [2.45, 2.75) is 24.5 Å². The Morgan fingerprint density at radius 2 is 1.25 bits per heavy atom. The Balaban J connectivity index is 2.08. The second-order valence-electron chi connectivity index (χ2n) is 4.14. The molecule has 0 aromatic rings. The van der Waals surface area contributed by atoms with E-state index in [9.17, 15) is 0 Å². The minimum atomic E-state index is 0.276. The molecule has 2 aliphatic rings. The number of aliphatic hydroxyl groups is 2. The molecule has 0 aliphatic carbocycles. The summed E-state index contributed by atoms with van der Waals surface area (Å²) >= 11 is 10.0. The van der Waals surface area contributed by atoms with Gasteiger partial charge in [0.15, 0.2) is 0 Å². The maximum absolute atomic E-state index is 9.15. The van der Waals surface area contributed by atoms with Crippen LogP contribution in [0, 0.1) is 0 Å². The van der Waals surface area contributed by atoms with Crippen molar-refractivity contribution in [2.24, 2.45) is 0 Å². The van der Waals surface area contributed by atoms with Gasteiger partial charge in [-0.25, -0.2) is 0 Å². The standard InChI is InChI=1S/C14H20O2S4Se4/c1-3-21-11-9(17-7-5-15)23-13(19-11)14-20-12(22-4-2)10(24-14)18-8-6-16/h15-16H,3-8H2,1-2H3/b14-13+. The molecule has 2 N–H and O–H groups in total. The molecular formula is C14H20O2S4Se4. The minimum absolute atomic E-state index is 0.276. The average Bonchev–Trinajstić information content (AvgIpc) is 3.16. The van der Waals surface area contributed by atoms with Crippen molar-refractivity contribution in [3.05, 3.63) is 22.8 Å². The molecule has 0 saturated carbocycles. The van der Waals surface area contributed by atoms with Crippen LogP contribution in [0.1, 0.15) is 13.8 Å². The van der Waals surface area contributed by atoms with E-state index in [1.807, 2.05) is 23.5 Å².